The summed E-state index contributed by atoms with van der Waals surface area (Å²) in [6, 6.07) is 10.1. The van der Waals surface area contributed by atoms with Gasteiger partial charge in [0.05, 0.1) is 11.9 Å². The van der Waals surface area contributed by atoms with Gasteiger partial charge < -0.3 is 10.6 Å². The highest BCUT2D eigenvalue weighted by atomic mass is 16.2. The predicted octanol–water partition coefficient (Wildman–Crippen LogP) is 3.73. The van der Waals surface area contributed by atoms with Gasteiger partial charge in [-0.1, -0.05) is 17.7 Å². The lowest BCUT2D eigenvalue weighted by molar-refractivity contribution is 0.251. The molecule has 1 saturated carbocycles. The number of rotatable bonds is 4. The summed E-state index contributed by atoms with van der Waals surface area (Å²) in [6.45, 7) is 4.15. The standard InChI is InChI=1S/C17H20N4O/c1-11-3-7-15(12(2)9-11)19-14-6-8-16(18-10-14)21-17(22)20-13-4-5-13/h3,6-10,13,19H,4-5H2,1-2H3,(H2,18,20,21,22). The molecule has 22 heavy (non-hydrogen) atoms. The Kier molecular flexibility index (Phi) is 3.96. The van der Waals surface area contributed by atoms with Crippen LogP contribution in [0, 0.1) is 13.8 Å². The van der Waals surface area contributed by atoms with E-state index in [-0.39, 0.29) is 6.03 Å². The number of benzene rings is 1. The summed E-state index contributed by atoms with van der Waals surface area (Å²) in [4.78, 5) is 15.9. The van der Waals surface area contributed by atoms with Crippen molar-refractivity contribution in [3.63, 3.8) is 0 Å². The van der Waals surface area contributed by atoms with Crippen LogP contribution in [0.15, 0.2) is 36.5 Å². The predicted molar refractivity (Wildman–Crippen MR) is 88.6 cm³/mol. The number of nitrogens with one attached hydrogen (secondary N) is 3. The first-order chi connectivity index (χ1) is 10.6. The van der Waals surface area contributed by atoms with E-state index in [1.54, 1.807) is 12.3 Å². The SMILES string of the molecule is Cc1ccc(Nc2ccc(NC(=O)NC3CC3)nc2)c(C)c1. The molecule has 114 valence electrons. The summed E-state index contributed by atoms with van der Waals surface area (Å²) in [5.74, 6) is 0.546. The number of amides is 2. The van der Waals surface area contributed by atoms with E-state index < -0.39 is 0 Å². The highest BCUT2D eigenvalue weighted by Crippen LogP contribution is 2.22. The van der Waals surface area contributed by atoms with Gasteiger partial charge in [0.2, 0.25) is 0 Å². The van der Waals surface area contributed by atoms with Crippen LogP contribution in [-0.4, -0.2) is 17.1 Å². The van der Waals surface area contributed by atoms with Crippen molar-refractivity contribution in [1.82, 2.24) is 10.3 Å². The molecule has 5 heteroatoms. The van der Waals surface area contributed by atoms with E-state index in [1.165, 1.54) is 11.1 Å². The molecule has 3 N–H and O–H groups in total. The topological polar surface area (TPSA) is 66.0 Å². The van der Waals surface area contributed by atoms with Crippen LogP contribution in [0.5, 0.6) is 0 Å². The maximum atomic E-state index is 11.6. The number of anilines is 3. The van der Waals surface area contributed by atoms with E-state index in [0.717, 1.165) is 24.2 Å². The quantitative estimate of drug-likeness (QED) is 0.805. The molecule has 1 aromatic carbocycles. The van der Waals surface area contributed by atoms with Crippen molar-refractivity contribution in [3.05, 3.63) is 47.7 Å². The van der Waals surface area contributed by atoms with Gasteiger partial charge in [0.25, 0.3) is 0 Å². The molecule has 0 radical (unpaired) electrons. The minimum absolute atomic E-state index is 0.190. The number of hydrogen-bond donors (Lipinski definition) is 3. The molecule has 0 atom stereocenters. The molecule has 0 saturated heterocycles. The number of aryl methyl sites for hydroxylation is 2. The fourth-order valence-electron chi connectivity index (χ4n) is 2.22. The molecule has 0 bridgehead atoms. The van der Waals surface area contributed by atoms with E-state index in [4.69, 9.17) is 0 Å². The second-order valence-electron chi connectivity index (χ2n) is 5.75. The van der Waals surface area contributed by atoms with Gasteiger partial charge in [0, 0.05) is 11.7 Å². The van der Waals surface area contributed by atoms with Crippen LogP contribution in [0.3, 0.4) is 0 Å². The molecule has 3 rings (SSSR count). The second kappa shape index (κ2) is 6.05. The number of nitrogens with zero attached hydrogens (tertiary/aromatic N) is 1. The van der Waals surface area contributed by atoms with E-state index in [0.29, 0.717) is 11.9 Å². The maximum absolute atomic E-state index is 11.6. The van der Waals surface area contributed by atoms with Gasteiger partial charge in [-0.25, -0.2) is 9.78 Å². The Morgan fingerprint density at radius 1 is 1.18 bits per heavy atom. The van der Waals surface area contributed by atoms with Crippen molar-refractivity contribution < 1.29 is 4.79 Å². The summed E-state index contributed by atoms with van der Waals surface area (Å²) >= 11 is 0. The fraction of sp³-hybridized carbons (Fsp3) is 0.294. The van der Waals surface area contributed by atoms with Crippen molar-refractivity contribution in [1.29, 1.82) is 0 Å². The molecule has 0 spiro atoms. The monoisotopic (exact) mass is 296 g/mol. The van der Waals surface area contributed by atoms with E-state index in [2.05, 4.69) is 53.0 Å². The molecule has 1 aliphatic carbocycles. The van der Waals surface area contributed by atoms with Crippen LogP contribution in [0.25, 0.3) is 0 Å². The highest BCUT2D eigenvalue weighted by Gasteiger charge is 2.23. The van der Waals surface area contributed by atoms with Crippen LogP contribution >= 0.6 is 0 Å². The minimum atomic E-state index is -0.190. The molecule has 2 aromatic rings. The fourth-order valence-corrected chi connectivity index (χ4v) is 2.22. The Labute approximate surface area is 130 Å². The van der Waals surface area contributed by atoms with Gasteiger partial charge in [-0.3, -0.25) is 5.32 Å². The van der Waals surface area contributed by atoms with Gasteiger partial charge in [-0.05, 0) is 50.5 Å². The summed E-state index contributed by atoms with van der Waals surface area (Å²) in [5, 5.41) is 8.93. The summed E-state index contributed by atoms with van der Waals surface area (Å²) in [6.07, 6.45) is 3.85. The summed E-state index contributed by atoms with van der Waals surface area (Å²) in [5.41, 5.74) is 4.37. The first kappa shape index (κ1) is 14.4. The average Bonchev–Trinajstić information content (AvgIpc) is 3.28. The van der Waals surface area contributed by atoms with Crippen LogP contribution < -0.4 is 16.0 Å². The van der Waals surface area contributed by atoms with Crippen molar-refractivity contribution in [2.45, 2.75) is 32.7 Å². The van der Waals surface area contributed by atoms with E-state index in [1.807, 2.05) is 6.07 Å². The summed E-state index contributed by atoms with van der Waals surface area (Å²) < 4.78 is 0. The van der Waals surface area contributed by atoms with E-state index >= 15 is 0 Å². The van der Waals surface area contributed by atoms with Gasteiger partial charge in [-0.15, -0.1) is 0 Å². The number of aromatic nitrogens is 1. The van der Waals surface area contributed by atoms with Crippen LogP contribution in [0.4, 0.5) is 22.0 Å². The molecule has 0 aliphatic heterocycles. The van der Waals surface area contributed by atoms with Crippen molar-refractivity contribution in [2.75, 3.05) is 10.6 Å². The Morgan fingerprint density at radius 3 is 2.64 bits per heavy atom. The number of carbonyl (C=O) groups is 1. The van der Waals surface area contributed by atoms with Crippen molar-refractivity contribution >= 4 is 23.2 Å². The maximum Gasteiger partial charge on any atom is 0.320 e. The average molecular weight is 296 g/mol. The molecule has 0 unspecified atom stereocenters. The van der Waals surface area contributed by atoms with Gasteiger partial charge >= 0.3 is 6.03 Å². The number of hydrogen-bond acceptors (Lipinski definition) is 3. The zero-order valence-electron chi connectivity index (χ0n) is 12.8. The first-order valence-corrected chi connectivity index (χ1v) is 7.48. The van der Waals surface area contributed by atoms with Crippen molar-refractivity contribution in [2.24, 2.45) is 0 Å². The molecule has 1 aromatic heterocycles. The molecule has 2 amide bonds. The second-order valence-corrected chi connectivity index (χ2v) is 5.75. The van der Waals surface area contributed by atoms with E-state index in [9.17, 15) is 4.79 Å². The number of carbonyl (C=O) groups excluding carboxylic acids is 1. The normalized spacial score (nSPS) is 13.5. The third-order valence-corrected chi connectivity index (χ3v) is 3.58. The third kappa shape index (κ3) is 3.75. The number of pyridine rings is 1. The minimum Gasteiger partial charge on any atom is -0.354 e. The lowest BCUT2D eigenvalue weighted by Crippen LogP contribution is -2.30. The van der Waals surface area contributed by atoms with Crippen LogP contribution in [-0.2, 0) is 0 Å². The smallest absolute Gasteiger partial charge is 0.320 e. The van der Waals surface area contributed by atoms with Crippen LogP contribution in [0.1, 0.15) is 24.0 Å². The molecular formula is C17H20N4O. The Hall–Kier alpha value is -2.56. The Balaban J connectivity index is 1.62. The molecular weight excluding hydrogens is 276 g/mol. The molecule has 1 fully saturated rings. The first-order valence-electron chi connectivity index (χ1n) is 7.48. The third-order valence-electron chi connectivity index (χ3n) is 3.58. The van der Waals surface area contributed by atoms with Gasteiger partial charge in [0.1, 0.15) is 5.82 Å². The molecule has 5 nitrogen and oxygen atoms in total. The molecule has 1 aliphatic rings. The lowest BCUT2D eigenvalue weighted by atomic mass is 10.1. The van der Waals surface area contributed by atoms with Crippen molar-refractivity contribution in [3.8, 4) is 0 Å². The van der Waals surface area contributed by atoms with Gasteiger partial charge in [0.15, 0.2) is 0 Å². The molecule has 1 heterocycles. The van der Waals surface area contributed by atoms with Crippen LogP contribution in [0.2, 0.25) is 0 Å². The largest absolute Gasteiger partial charge is 0.354 e. The highest BCUT2D eigenvalue weighted by molar-refractivity contribution is 5.88. The zero-order valence-corrected chi connectivity index (χ0v) is 12.8. The summed E-state index contributed by atoms with van der Waals surface area (Å²) in [7, 11) is 0. The Morgan fingerprint density at radius 2 is 2.00 bits per heavy atom. The number of urea groups is 1. The van der Waals surface area contributed by atoms with Gasteiger partial charge in [-0.2, -0.15) is 0 Å². The lowest BCUT2D eigenvalue weighted by Gasteiger charge is -2.11. The zero-order chi connectivity index (χ0) is 15.5. The Bertz CT molecular complexity index is 678.